The molecule has 6 heteroatoms. The highest BCUT2D eigenvalue weighted by atomic mass is 19.3. The number of nitrogens with two attached hydrogens (primary N) is 1. The van der Waals surface area contributed by atoms with E-state index in [9.17, 15) is 8.78 Å². The van der Waals surface area contributed by atoms with Crippen LogP contribution < -0.4 is 15.8 Å². The first-order chi connectivity index (χ1) is 8.15. The molecule has 0 aliphatic rings. The maximum absolute atomic E-state index is 11.8. The van der Waals surface area contributed by atoms with Crippen molar-refractivity contribution >= 4 is 11.4 Å². The molecule has 17 heavy (non-hydrogen) atoms. The summed E-state index contributed by atoms with van der Waals surface area (Å²) in [5.41, 5.74) is 7.00. The Kier molecular flexibility index (Phi) is 5.48. The van der Waals surface area contributed by atoms with Gasteiger partial charge in [-0.3, -0.25) is 0 Å². The molecule has 0 aliphatic carbocycles. The number of alkyl halides is 2. The second-order valence-corrected chi connectivity index (χ2v) is 3.31. The molecule has 3 N–H and O–H groups in total. The average Bonchev–Trinajstić information content (AvgIpc) is 2.30. The van der Waals surface area contributed by atoms with E-state index < -0.39 is 13.0 Å². The standard InChI is InChI=1S/C11H16F2N2O2/c1-16-9-4-2-3-8(11(9)14)15-5-6-17-7-10(12)13/h2-4,10,15H,5-7,14H2,1H3. The van der Waals surface area contributed by atoms with E-state index in [4.69, 9.17) is 15.2 Å². The van der Waals surface area contributed by atoms with Crippen molar-refractivity contribution in [2.75, 3.05) is 37.9 Å². The van der Waals surface area contributed by atoms with Gasteiger partial charge >= 0.3 is 0 Å². The third-order valence-corrected chi connectivity index (χ3v) is 2.09. The molecule has 0 heterocycles. The van der Waals surface area contributed by atoms with Gasteiger partial charge in [-0.2, -0.15) is 0 Å². The van der Waals surface area contributed by atoms with Gasteiger partial charge in [0.1, 0.15) is 12.4 Å². The van der Waals surface area contributed by atoms with E-state index in [1.807, 2.05) is 0 Å². The molecule has 0 unspecified atom stereocenters. The first-order valence-corrected chi connectivity index (χ1v) is 5.17. The summed E-state index contributed by atoms with van der Waals surface area (Å²) in [6.07, 6.45) is -2.43. The normalized spacial score (nSPS) is 10.6. The molecule has 0 fully saturated rings. The van der Waals surface area contributed by atoms with Crippen LogP contribution in [0.5, 0.6) is 5.75 Å². The molecule has 0 aromatic heterocycles. The molecule has 0 amide bonds. The Morgan fingerprint density at radius 2 is 2.18 bits per heavy atom. The van der Waals surface area contributed by atoms with Gasteiger partial charge in [-0.25, -0.2) is 8.78 Å². The Morgan fingerprint density at radius 3 is 2.82 bits per heavy atom. The summed E-state index contributed by atoms with van der Waals surface area (Å²) in [6, 6.07) is 5.32. The van der Waals surface area contributed by atoms with Crippen LogP contribution in [0.2, 0.25) is 0 Å². The molecule has 1 rings (SSSR count). The summed E-state index contributed by atoms with van der Waals surface area (Å²) in [5.74, 6) is 0.573. The largest absolute Gasteiger partial charge is 0.495 e. The van der Waals surface area contributed by atoms with Crippen LogP contribution in [0.15, 0.2) is 18.2 Å². The zero-order valence-corrected chi connectivity index (χ0v) is 9.58. The molecule has 1 aromatic carbocycles. The highest BCUT2D eigenvalue weighted by Gasteiger charge is 2.04. The lowest BCUT2D eigenvalue weighted by Crippen LogP contribution is -2.14. The Balaban J connectivity index is 2.36. The van der Waals surface area contributed by atoms with Crippen LogP contribution in [0.1, 0.15) is 0 Å². The average molecular weight is 246 g/mol. The first-order valence-electron chi connectivity index (χ1n) is 5.17. The van der Waals surface area contributed by atoms with E-state index in [1.165, 1.54) is 7.11 Å². The fourth-order valence-corrected chi connectivity index (χ4v) is 1.31. The molecular formula is C11H16F2N2O2. The fourth-order valence-electron chi connectivity index (χ4n) is 1.31. The van der Waals surface area contributed by atoms with Gasteiger partial charge in [0.05, 0.1) is 25.1 Å². The zero-order valence-electron chi connectivity index (χ0n) is 9.58. The third-order valence-electron chi connectivity index (χ3n) is 2.09. The SMILES string of the molecule is COc1cccc(NCCOCC(F)F)c1N. The first kappa shape index (κ1) is 13.5. The van der Waals surface area contributed by atoms with Crippen LogP contribution in [-0.2, 0) is 4.74 Å². The van der Waals surface area contributed by atoms with Crippen LogP contribution >= 0.6 is 0 Å². The van der Waals surface area contributed by atoms with Gasteiger partial charge in [0, 0.05) is 6.54 Å². The molecular weight excluding hydrogens is 230 g/mol. The Morgan fingerprint density at radius 1 is 1.41 bits per heavy atom. The van der Waals surface area contributed by atoms with E-state index in [1.54, 1.807) is 18.2 Å². The summed E-state index contributed by atoms with van der Waals surface area (Å²) in [6.45, 7) is 0.0559. The van der Waals surface area contributed by atoms with Crippen molar-refractivity contribution in [3.63, 3.8) is 0 Å². The summed E-state index contributed by atoms with van der Waals surface area (Å²) in [7, 11) is 1.53. The van der Waals surface area contributed by atoms with Gasteiger partial charge in [-0.15, -0.1) is 0 Å². The number of methoxy groups -OCH3 is 1. The second-order valence-electron chi connectivity index (χ2n) is 3.31. The third kappa shape index (κ3) is 4.44. The number of nitrogens with one attached hydrogen (secondary N) is 1. The van der Waals surface area contributed by atoms with Crippen molar-refractivity contribution in [3.05, 3.63) is 18.2 Å². The summed E-state index contributed by atoms with van der Waals surface area (Å²) in [4.78, 5) is 0. The summed E-state index contributed by atoms with van der Waals surface area (Å²) >= 11 is 0. The van der Waals surface area contributed by atoms with E-state index in [2.05, 4.69) is 5.32 Å². The smallest absolute Gasteiger partial charge is 0.261 e. The van der Waals surface area contributed by atoms with Crippen molar-refractivity contribution in [2.24, 2.45) is 0 Å². The number of rotatable bonds is 7. The fraction of sp³-hybridized carbons (Fsp3) is 0.455. The molecule has 0 atom stereocenters. The molecule has 1 aromatic rings. The minimum atomic E-state index is -2.43. The lowest BCUT2D eigenvalue weighted by molar-refractivity contribution is 0.0215. The maximum Gasteiger partial charge on any atom is 0.261 e. The van der Waals surface area contributed by atoms with Crippen LogP contribution in [-0.4, -0.2) is 33.3 Å². The van der Waals surface area contributed by atoms with Gasteiger partial charge in [0.15, 0.2) is 0 Å². The van der Waals surface area contributed by atoms with Gasteiger partial charge < -0.3 is 20.5 Å². The quantitative estimate of drug-likeness (QED) is 0.570. The van der Waals surface area contributed by atoms with Crippen LogP contribution in [0.25, 0.3) is 0 Å². The molecule has 0 aliphatic heterocycles. The van der Waals surface area contributed by atoms with Crippen molar-refractivity contribution < 1.29 is 18.3 Å². The Bertz CT molecular complexity index is 348. The van der Waals surface area contributed by atoms with Gasteiger partial charge in [-0.05, 0) is 12.1 Å². The van der Waals surface area contributed by atoms with E-state index in [0.29, 0.717) is 23.7 Å². The van der Waals surface area contributed by atoms with E-state index in [-0.39, 0.29) is 6.61 Å². The van der Waals surface area contributed by atoms with Gasteiger partial charge in [-0.1, -0.05) is 6.07 Å². The lowest BCUT2D eigenvalue weighted by atomic mass is 10.2. The minimum absolute atomic E-state index is 0.195. The number of benzene rings is 1. The topological polar surface area (TPSA) is 56.5 Å². The Labute approximate surface area is 98.7 Å². The predicted octanol–water partition coefficient (Wildman–Crippen LogP) is 1.97. The number of halogens is 2. The van der Waals surface area contributed by atoms with Crippen molar-refractivity contribution in [3.8, 4) is 5.75 Å². The monoisotopic (exact) mass is 246 g/mol. The van der Waals surface area contributed by atoms with Gasteiger partial charge in [0.2, 0.25) is 0 Å². The number of hydrogen-bond acceptors (Lipinski definition) is 4. The van der Waals surface area contributed by atoms with Crippen LogP contribution in [0.3, 0.4) is 0 Å². The maximum atomic E-state index is 11.8. The summed E-state index contributed by atoms with van der Waals surface area (Å²) < 4.78 is 33.3. The molecule has 4 nitrogen and oxygen atoms in total. The molecule has 96 valence electrons. The molecule has 0 spiro atoms. The van der Waals surface area contributed by atoms with Crippen molar-refractivity contribution in [1.82, 2.24) is 0 Å². The highest BCUT2D eigenvalue weighted by Crippen LogP contribution is 2.28. The zero-order chi connectivity index (χ0) is 12.7. The number of anilines is 2. The second kappa shape index (κ2) is 6.90. The van der Waals surface area contributed by atoms with Crippen molar-refractivity contribution in [2.45, 2.75) is 6.43 Å². The Hall–Kier alpha value is -1.56. The molecule has 0 radical (unpaired) electrons. The number of nitrogen functional groups attached to an aromatic ring is 1. The van der Waals surface area contributed by atoms with E-state index >= 15 is 0 Å². The number of hydrogen-bond donors (Lipinski definition) is 2. The minimum Gasteiger partial charge on any atom is -0.495 e. The van der Waals surface area contributed by atoms with Crippen LogP contribution in [0, 0.1) is 0 Å². The number of ether oxygens (including phenoxy) is 2. The number of para-hydroxylation sites is 1. The summed E-state index contributed by atoms with van der Waals surface area (Å²) in [5, 5.41) is 2.99. The lowest BCUT2D eigenvalue weighted by Gasteiger charge is -2.12. The molecule has 0 saturated heterocycles. The van der Waals surface area contributed by atoms with Crippen LogP contribution in [0.4, 0.5) is 20.2 Å². The highest BCUT2D eigenvalue weighted by molar-refractivity contribution is 5.72. The van der Waals surface area contributed by atoms with Gasteiger partial charge in [0.25, 0.3) is 6.43 Å². The molecule has 0 saturated carbocycles. The van der Waals surface area contributed by atoms with E-state index in [0.717, 1.165) is 0 Å². The molecule has 0 bridgehead atoms. The predicted molar refractivity (Wildman–Crippen MR) is 62.7 cm³/mol. The van der Waals surface area contributed by atoms with Crippen molar-refractivity contribution in [1.29, 1.82) is 0 Å².